The van der Waals surface area contributed by atoms with Crippen LogP contribution in [0.5, 0.6) is 0 Å². The highest BCUT2D eigenvalue weighted by Crippen LogP contribution is 2.33. The van der Waals surface area contributed by atoms with Crippen molar-refractivity contribution in [3.8, 4) is 23.0 Å². The molecule has 2 N–H and O–H groups in total. The van der Waals surface area contributed by atoms with Gasteiger partial charge in [-0.05, 0) is 30.3 Å². The minimum Gasteiger partial charge on any atom is -0.382 e. The molecule has 2 aromatic carbocycles. The van der Waals surface area contributed by atoms with Crippen molar-refractivity contribution in [3.05, 3.63) is 64.7 Å². The van der Waals surface area contributed by atoms with Gasteiger partial charge in [0.15, 0.2) is 0 Å². The van der Waals surface area contributed by atoms with Crippen LogP contribution in [-0.4, -0.2) is 9.78 Å². The molecule has 3 aromatic rings. The number of nitrogen functional groups attached to an aromatic ring is 1. The van der Waals surface area contributed by atoms with Crippen molar-refractivity contribution < 1.29 is 13.2 Å². The predicted molar refractivity (Wildman–Crippen MR) is 88.1 cm³/mol. The minimum absolute atomic E-state index is 0.0830. The number of anilines is 1. The first kappa shape index (κ1) is 16.9. The summed E-state index contributed by atoms with van der Waals surface area (Å²) in [5.41, 5.74) is 6.39. The number of hydrogen-bond donors (Lipinski definition) is 1. The van der Waals surface area contributed by atoms with Gasteiger partial charge in [-0.25, -0.2) is 4.68 Å². The molecule has 0 saturated heterocycles. The van der Waals surface area contributed by atoms with Crippen molar-refractivity contribution in [3.63, 3.8) is 0 Å². The third-order valence-electron chi connectivity index (χ3n) is 3.57. The molecule has 0 aliphatic rings. The van der Waals surface area contributed by atoms with E-state index in [4.69, 9.17) is 17.3 Å². The van der Waals surface area contributed by atoms with Crippen molar-refractivity contribution >= 4 is 17.4 Å². The lowest BCUT2D eigenvalue weighted by molar-refractivity contribution is -0.137. The van der Waals surface area contributed by atoms with E-state index in [1.54, 1.807) is 24.3 Å². The van der Waals surface area contributed by atoms with Crippen LogP contribution in [0.2, 0.25) is 5.02 Å². The Kier molecular flexibility index (Phi) is 4.15. The quantitative estimate of drug-likeness (QED) is 0.720. The summed E-state index contributed by atoms with van der Waals surface area (Å²) in [6, 6.07) is 13.0. The first-order valence-electron chi connectivity index (χ1n) is 7.03. The molecule has 8 heteroatoms. The third kappa shape index (κ3) is 3.16. The summed E-state index contributed by atoms with van der Waals surface area (Å²) in [5, 5.41) is 14.1. The topological polar surface area (TPSA) is 67.6 Å². The first-order valence-corrected chi connectivity index (χ1v) is 7.41. The molecule has 0 aliphatic heterocycles. The van der Waals surface area contributed by atoms with Crippen LogP contribution in [0.4, 0.5) is 19.0 Å². The molecule has 126 valence electrons. The maximum atomic E-state index is 12.7. The fourth-order valence-corrected chi connectivity index (χ4v) is 2.55. The number of hydrogen-bond acceptors (Lipinski definition) is 3. The second kappa shape index (κ2) is 6.15. The molecule has 0 atom stereocenters. The molecule has 0 radical (unpaired) electrons. The minimum atomic E-state index is -4.43. The van der Waals surface area contributed by atoms with Gasteiger partial charge in [0.2, 0.25) is 0 Å². The SMILES string of the molecule is N#Cc1c(-c2ccc(C(F)(F)F)cc2)nn(-c2cccc(Cl)c2)c1N. The van der Waals surface area contributed by atoms with Gasteiger partial charge in [-0.3, -0.25) is 0 Å². The number of alkyl halides is 3. The van der Waals surface area contributed by atoms with E-state index in [2.05, 4.69) is 5.10 Å². The number of aromatic nitrogens is 2. The van der Waals surface area contributed by atoms with Crippen molar-refractivity contribution in [2.45, 2.75) is 6.18 Å². The molecule has 1 heterocycles. The highest BCUT2D eigenvalue weighted by molar-refractivity contribution is 6.30. The Hall–Kier alpha value is -2.98. The smallest absolute Gasteiger partial charge is 0.382 e. The molecule has 0 unspecified atom stereocenters. The van der Waals surface area contributed by atoms with E-state index in [9.17, 15) is 18.4 Å². The normalized spacial score (nSPS) is 11.3. The van der Waals surface area contributed by atoms with Crippen LogP contribution in [0.1, 0.15) is 11.1 Å². The lowest BCUT2D eigenvalue weighted by Crippen LogP contribution is -2.04. The molecule has 0 fully saturated rings. The highest BCUT2D eigenvalue weighted by atomic mass is 35.5. The van der Waals surface area contributed by atoms with Crippen molar-refractivity contribution in [1.82, 2.24) is 9.78 Å². The van der Waals surface area contributed by atoms with Crippen LogP contribution in [0, 0.1) is 11.3 Å². The van der Waals surface area contributed by atoms with E-state index >= 15 is 0 Å². The van der Waals surface area contributed by atoms with Gasteiger partial charge >= 0.3 is 6.18 Å². The Labute approximate surface area is 145 Å². The van der Waals surface area contributed by atoms with Crippen LogP contribution in [0.25, 0.3) is 16.9 Å². The van der Waals surface area contributed by atoms with Crippen molar-refractivity contribution in [1.29, 1.82) is 5.26 Å². The molecule has 0 amide bonds. The Morgan fingerprint density at radius 2 is 1.80 bits per heavy atom. The summed E-state index contributed by atoms with van der Waals surface area (Å²) in [6.07, 6.45) is -4.43. The summed E-state index contributed by atoms with van der Waals surface area (Å²) in [6.45, 7) is 0. The second-order valence-electron chi connectivity index (χ2n) is 5.19. The van der Waals surface area contributed by atoms with Gasteiger partial charge < -0.3 is 5.73 Å². The standard InChI is InChI=1S/C17H10ClF3N4/c18-12-2-1-3-13(8-12)25-16(23)14(9-22)15(24-25)10-4-6-11(7-5-10)17(19,20)21/h1-8H,23H2. The molecule has 25 heavy (non-hydrogen) atoms. The largest absolute Gasteiger partial charge is 0.416 e. The van der Waals surface area contributed by atoms with E-state index < -0.39 is 11.7 Å². The maximum Gasteiger partial charge on any atom is 0.416 e. The average Bonchev–Trinajstić information content (AvgIpc) is 2.91. The zero-order valence-corrected chi connectivity index (χ0v) is 13.3. The summed E-state index contributed by atoms with van der Waals surface area (Å²) >= 11 is 5.95. The number of nitrogens with zero attached hydrogens (tertiary/aromatic N) is 3. The second-order valence-corrected chi connectivity index (χ2v) is 5.62. The van der Waals surface area contributed by atoms with Crippen molar-refractivity contribution in [2.24, 2.45) is 0 Å². The fourth-order valence-electron chi connectivity index (χ4n) is 2.37. The highest BCUT2D eigenvalue weighted by Gasteiger charge is 2.30. The third-order valence-corrected chi connectivity index (χ3v) is 3.81. The Morgan fingerprint density at radius 3 is 2.36 bits per heavy atom. The van der Waals surface area contributed by atoms with Crippen LogP contribution < -0.4 is 5.73 Å². The molecule has 0 bridgehead atoms. The number of halogens is 4. The maximum absolute atomic E-state index is 12.7. The molecular weight excluding hydrogens is 353 g/mol. The molecule has 4 nitrogen and oxygen atoms in total. The van der Waals surface area contributed by atoms with Gasteiger partial charge in [-0.2, -0.15) is 23.5 Å². The summed E-state index contributed by atoms with van der Waals surface area (Å²) in [7, 11) is 0. The van der Waals surface area contributed by atoms with Gasteiger partial charge in [-0.15, -0.1) is 0 Å². The van der Waals surface area contributed by atoms with E-state index in [1.807, 2.05) is 6.07 Å². The molecule has 1 aromatic heterocycles. The first-order chi connectivity index (χ1) is 11.8. The molecule has 0 saturated carbocycles. The number of benzene rings is 2. The van der Waals surface area contributed by atoms with E-state index in [-0.39, 0.29) is 17.1 Å². The van der Waals surface area contributed by atoms with Gasteiger partial charge in [0.25, 0.3) is 0 Å². The predicted octanol–water partition coefficient (Wildman–Crippen LogP) is 4.67. The van der Waals surface area contributed by atoms with Gasteiger partial charge in [-0.1, -0.05) is 29.8 Å². The van der Waals surface area contributed by atoms with Gasteiger partial charge in [0, 0.05) is 10.6 Å². The monoisotopic (exact) mass is 362 g/mol. The Balaban J connectivity index is 2.12. The lowest BCUT2D eigenvalue weighted by Gasteiger charge is -2.06. The Bertz CT molecular complexity index is 969. The van der Waals surface area contributed by atoms with Gasteiger partial charge in [0.05, 0.1) is 11.3 Å². The summed E-state index contributed by atoms with van der Waals surface area (Å²) in [4.78, 5) is 0. The van der Waals surface area contributed by atoms with E-state index in [0.717, 1.165) is 12.1 Å². The van der Waals surface area contributed by atoms with E-state index in [0.29, 0.717) is 16.3 Å². The zero-order valence-electron chi connectivity index (χ0n) is 12.5. The zero-order chi connectivity index (χ0) is 18.2. The number of rotatable bonds is 2. The molecular formula is C17H10ClF3N4. The van der Waals surface area contributed by atoms with Crippen LogP contribution in [0.15, 0.2) is 48.5 Å². The molecule has 0 aliphatic carbocycles. The fraction of sp³-hybridized carbons (Fsp3) is 0.0588. The number of nitrogens with two attached hydrogens (primary N) is 1. The summed E-state index contributed by atoms with van der Waals surface area (Å²) in [5.74, 6) is 0.0830. The summed E-state index contributed by atoms with van der Waals surface area (Å²) < 4.78 is 39.4. The van der Waals surface area contributed by atoms with E-state index in [1.165, 1.54) is 16.8 Å². The van der Waals surface area contributed by atoms with Crippen LogP contribution >= 0.6 is 11.6 Å². The number of nitriles is 1. The molecule has 0 spiro atoms. The lowest BCUT2D eigenvalue weighted by atomic mass is 10.1. The van der Waals surface area contributed by atoms with Gasteiger partial charge in [0.1, 0.15) is 23.1 Å². The average molecular weight is 363 g/mol. The van der Waals surface area contributed by atoms with Crippen LogP contribution in [0.3, 0.4) is 0 Å². The molecule has 3 rings (SSSR count). The van der Waals surface area contributed by atoms with Crippen LogP contribution in [-0.2, 0) is 6.18 Å². The Morgan fingerprint density at radius 1 is 1.12 bits per heavy atom. The van der Waals surface area contributed by atoms with Crippen molar-refractivity contribution in [2.75, 3.05) is 5.73 Å².